The molecule has 1 aromatic carbocycles. The molecule has 158 valence electrons. The molecule has 4 rings (SSSR count). The van der Waals surface area contributed by atoms with Crippen molar-refractivity contribution in [3.63, 3.8) is 0 Å². The van der Waals surface area contributed by atoms with Gasteiger partial charge in [-0.1, -0.05) is 12.8 Å². The first kappa shape index (κ1) is 19.9. The number of carbonyl (C=O) groups excluding carboxylic acids is 1. The maximum absolute atomic E-state index is 12.4. The SMILES string of the molecule is C[C@@H]1CN(C(=O)OC(C)(C)C)CCN1c1ccc2nc(N)n(C3CCCC3)c2c1. The topological polar surface area (TPSA) is 76.6 Å². The monoisotopic (exact) mass is 399 g/mol. The van der Waals surface area contributed by atoms with Crippen LogP contribution in [-0.2, 0) is 4.74 Å². The number of aromatic nitrogens is 2. The lowest BCUT2D eigenvalue weighted by molar-refractivity contribution is 0.0219. The molecular formula is C22H33N5O2. The van der Waals surface area contributed by atoms with Crippen LogP contribution in [0.4, 0.5) is 16.4 Å². The molecule has 2 aliphatic rings. The van der Waals surface area contributed by atoms with E-state index in [0.717, 1.165) is 23.3 Å². The van der Waals surface area contributed by atoms with Gasteiger partial charge in [-0.05, 0) is 58.7 Å². The van der Waals surface area contributed by atoms with E-state index in [1.54, 1.807) is 0 Å². The van der Waals surface area contributed by atoms with Gasteiger partial charge in [-0.2, -0.15) is 0 Å². The molecule has 2 aromatic rings. The predicted molar refractivity (Wildman–Crippen MR) is 116 cm³/mol. The van der Waals surface area contributed by atoms with Gasteiger partial charge in [0.2, 0.25) is 5.95 Å². The minimum Gasteiger partial charge on any atom is -0.444 e. The first-order chi connectivity index (χ1) is 13.7. The molecule has 0 radical (unpaired) electrons. The number of hydrogen-bond donors (Lipinski definition) is 1. The smallest absolute Gasteiger partial charge is 0.410 e. The molecule has 0 bridgehead atoms. The standard InChI is InChI=1S/C22H33N5O2/c1-15-14-25(21(28)29-22(2,3)4)11-12-26(15)17-9-10-18-19(13-17)27(20(23)24-18)16-7-5-6-8-16/h9-10,13,15-16H,5-8,11-12,14H2,1-4H3,(H2,23,24)/t15-/m1/s1. The second-order valence-corrected chi connectivity index (χ2v) is 9.42. The molecule has 2 heterocycles. The van der Waals surface area contributed by atoms with E-state index in [9.17, 15) is 4.79 Å². The van der Waals surface area contributed by atoms with Crippen LogP contribution in [0.15, 0.2) is 18.2 Å². The molecule has 1 aromatic heterocycles. The Bertz CT molecular complexity index is 894. The maximum atomic E-state index is 12.4. The molecule has 29 heavy (non-hydrogen) atoms. The third kappa shape index (κ3) is 4.00. The zero-order valence-corrected chi connectivity index (χ0v) is 18.0. The Morgan fingerprint density at radius 2 is 1.93 bits per heavy atom. The zero-order chi connectivity index (χ0) is 20.8. The number of carbonyl (C=O) groups is 1. The molecule has 1 atom stereocenters. The van der Waals surface area contributed by atoms with E-state index in [1.807, 2.05) is 25.7 Å². The highest BCUT2D eigenvalue weighted by atomic mass is 16.6. The van der Waals surface area contributed by atoms with Crippen LogP contribution in [0.3, 0.4) is 0 Å². The van der Waals surface area contributed by atoms with E-state index in [0.29, 0.717) is 25.1 Å². The third-order valence-corrected chi connectivity index (χ3v) is 6.00. The van der Waals surface area contributed by atoms with E-state index in [4.69, 9.17) is 10.5 Å². The first-order valence-electron chi connectivity index (χ1n) is 10.7. The Labute approximate surface area is 172 Å². The van der Waals surface area contributed by atoms with Crippen molar-refractivity contribution in [1.82, 2.24) is 14.5 Å². The summed E-state index contributed by atoms with van der Waals surface area (Å²) in [5.74, 6) is 0.617. The maximum Gasteiger partial charge on any atom is 0.410 e. The summed E-state index contributed by atoms with van der Waals surface area (Å²) >= 11 is 0. The van der Waals surface area contributed by atoms with E-state index in [-0.39, 0.29) is 12.1 Å². The largest absolute Gasteiger partial charge is 0.444 e. The molecule has 1 aliphatic carbocycles. The number of hydrogen-bond acceptors (Lipinski definition) is 5. The summed E-state index contributed by atoms with van der Waals surface area (Å²) in [6, 6.07) is 7.06. The normalized spacial score (nSPS) is 21.2. The van der Waals surface area contributed by atoms with Crippen molar-refractivity contribution in [2.24, 2.45) is 0 Å². The van der Waals surface area contributed by atoms with Gasteiger partial charge in [-0.25, -0.2) is 9.78 Å². The minimum absolute atomic E-state index is 0.203. The lowest BCUT2D eigenvalue weighted by atomic mass is 10.1. The molecule has 0 unspecified atom stereocenters. The van der Waals surface area contributed by atoms with Gasteiger partial charge >= 0.3 is 6.09 Å². The van der Waals surface area contributed by atoms with Crippen molar-refractivity contribution in [3.8, 4) is 0 Å². The van der Waals surface area contributed by atoms with Crippen LogP contribution in [0.5, 0.6) is 0 Å². The van der Waals surface area contributed by atoms with Crippen LogP contribution in [0.1, 0.15) is 59.4 Å². The average molecular weight is 400 g/mol. The van der Waals surface area contributed by atoms with Crippen molar-refractivity contribution >= 4 is 28.8 Å². The number of nitrogen functional groups attached to an aromatic ring is 1. The summed E-state index contributed by atoms with van der Waals surface area (Å²) < 4.78 is 7.77. The van der Waals surface area contributed by atoms with Crippen molar-refractivity contribution < 1.29 is 9.53 Å². The Kier molecular flexibility index (Phi) is 5.09. The number of amides is 1. The fourth-order valence-corrected chi connectivity index (χ4v) is 4.66. The van der Waals surface area contributed by atoms with E-state index >= 15 is 0 Å². The summed E-state index contributed by atoms with van der Waals surface area (Å²) in [6.07, 6.45) is 4.63. The fourth-order valence-electron chi connectivity index (χ4n) is 4.66. The average Bonchev–Trinajstić information content (AvgIpc) is 3.26. The summed E-state index contributed by atoms with van der Waals surface area (Å²) in [6.45, 7) is 9.94. The van der Waals surface area contributed by atoms with Crippen LogP contribution in [0, 0.1) is 0 Å². The van der Waals surface area contributed by atoms with Gasteiger partial charge in [0.15, 0.2) is 0 Å². The number of imidazole rings is 1. The van der Waals surface area contributed by atoms with E-state index < -0.39 is 5.60 Å². The Balaban J connectivity index is 1.54. The van der Waals surface area contributed by atoms with Gasteiger partial charge in [0, 0.05) is 37.4 Å². The summed E-state index contributed by atoms with van der Waals surface area (Å²) in [4.78, 5) is 21.2. The number of benzene rings is 1. The van der Waals surface area contributed by atoms with Crippen LogP contribution in [0.2, 0.25) is 0 Å². The second kappa shape index (κ2) is 7.43. The molecule has 2 N–H and O–H groups in total. The molecule has 7 heteroatoms. The molecule has 1 saturated heterocycles. The highest BCUT2D eigenvalue weighted by Gasteiger charge is 2.30. The molecule has 0 spiro atoms. The highest BCUT2D eigenvalue weighted by Crippen LogP contribution is 2.36. The molecule has 1 saturated carbocycles. The van der Waals surface area contributed by atoms with Gasteiger partial charge in [-0.3, -0.25) is 0 Å². The van der Waals surface area contributed by atoms with Crippen LogP contribution >= 0.6 is 0 Å². The van der Waals surface area contributed by atoms with Crippen molar-refractivity contribution in [2.75, 3.05) is 30.3 Å². The molecular weight excluding hydrogens is 366 g/mol. The van der Waals surface area contributed by atoms with Gasteiger partial charge in [-0.15, -0.1) is 0 Å². The van der Waals surface area contributed by atoms with E-state index in [1.165, 1.54) is 25.7 Å². The predicted octanol–water partition coefficient (Wildman–Crippen LogP) is 4.18. The lowest BCUT2D eigenvalue weighted by Crippen LogP contribution is -2.54. The number of rotatable bonds is 2. The fraction of sp³-hybridized carbons (Fsp3) is 0.636. The first-order valence-corrected chi connectivity index (χ1v) is 10.7. The number of fused-ring (bicyclic) bond motifs is 1. The Morgan fingerprint density at radius 3 is 2.59 bits per heavy atom. The molecule has 7 nitrogen and oxygen atoms in total. The number of ether oxygens (including phenoxy) is 1. The molecule has 1 amide bonds. The van der Waals surface area contributed by atoms with Crippen molar-refractivity contribution in [3.05, 3.63) is 18.2 Å². The Morgan fingerprint density at radius 1 is 1.21 bits per heavy atom. The number of anilines is 2. The van der Waals surface area contributed by atoms with Crippen molar-refractivity contribution in [2.45, 2.75) is 71.1 Å². The molecule has 2 fully saturated rings. The number of piperazine rings is 1. The van der Waals surface area contributed by atoms with Gasteiger partial charge in [0.1, 0.15) is 5.60 Å². The second-order valence-electron chi connectivity index (χ2n) is 9.42. The van der Waals surface area contributed by atoms with Gasteiger partial charge < -0.3 is 24.8 Å². The Hall–Kier alpha value is -2.44. The highest BCUT2D eigenvalue weighted by molar-refractivity contribution is 5.82. The number of nitrogens with zero attached hydrogens (tertiary/aromatic N) is 4. The quantitative estimate of drug-likeness (QED) is 0.820. The van der Waals surface area contributed by atoms with E-state index in [2.05, 4.69) is 39.6 Å². The van der Waals surface area contributed by atoms with Gasteiger partial charge in [0.25, 0.3) is 0 Å². The molecule has 1 aliphatic heterocycles. The summed E-state index contributed by atoms with van der Waals surface area (Å²) in [7, 11) is 0. The summed E-state index contributed by atoms with van der Waals surface area (Å²) in [5, 5.41) is 0. The third-order valence-electron chi connectivity index (χ3n) is 6.00. The van der Waals surface area contributed by atoms with Gasteiger partial charge in [0.05, 0.1) is 11.0 Å². The number of nitrogens with two attached hydrogens (primary N) is 1. The van der Waals surface area contributed by atoms with Crippen LogP contribution < -0.4 is 10.6 Å². The van der Waals surface area contributed by atoms with Crippen molar-refractivity contribution in [1.29, 1.82) is 0 Å². The summed E-state index contributed by atoms with van der Waals surface area (Å²) in [5.41, 5.74) is 9.04. The van der Waals surface area contributed by atoms with Crippen LogP contribution in [0.25, 0.3) is 11.0 Å². The lowest BCUT2D eigenvalue weighted by Gasteiger charge is -2.41. The van der Waals surface area contributed by atoms with Crippen LogP contribution in [-0.4, -0.2) is 51.8 Å². The minimum atomic E-state index is -0.471. The zero-order valence-electron chi connectivity index (χ0n) is 18.0.